The lowest BCUT2D eigenvalue weighted by Crippen LogP contribution is -2.19. The highest BCUT2D eigenvalue weighted by Crippen LogP contribution is 2.38. The average Bonchev–Trinajstić information content (AvgIpc) is 3.24. The average molecular weight is 401 g/mol. The van der Waals surface area contributed by atoms with Gasteiger partial charge in [-0.3, -0.25) is 0 Å². The lowest BCUT2D eigenvalue weighted by atomic mass is 9.78. The summed E-state index contributed by atoms with van der Waals surface area (Å²) in [5.74, 6) is 4.18. The van der Waals surface area contributed by atoms with Crippen LogP contribution in [0.1, 0.15) is 30.9 Å². The first-order chi connectivity index (χ1) is 14.6. The SMILES string of the molecule is C#CC(C)(CCCc1ccc(F)c(Nc2ccccc2)c1)c1ccc2c(c1)OCO2. The molecule has 1 atom stereocenters. The van der Waals surface area contributed by atoms with E-state index in [0.717, 1.165) is 47.6 Å². The quantitative estimate of drug-likeness (QED) is 0.477. The van der Waals surface area contributed by atoms with Crippen molar-refractivity contribution in [2.75, 3.05) is 12.1 Å². The van der Waals surface area contributed by atoms with E-state index in [4.69, 9.17) is 15.9 Å². The van der Waals surface area contributed by atoms with Crippen LogP contribution >= 0.6 is 0 Å². The fourth-order valence-electron chi connectivity index (χ4n) is 3.69. The molecule has 0 spiro atoms. The molecule has 3 aromatic carbocycles. The first-order valence-electron chi connectivity index (χ1n) is 10.1. The van der Waals surface area contributed by atoms with Crippen molar-refractivity contribution in [1.29, 1.82) is 0 Å². The summed E-state index contributed by atoms with van der Waals surface area (Å²) in [4.78, 5) is 0. The Balaban J connectivity index is 1.43. The van der Waals surface area contributed by atoms with Crippen LogP contribution in [0, 0.1) is 18.2 Å². The van der Waals surface area contributed by atoms with Gasteiger partial charge in [0.25, 0.3) is 0 Å². The third-order valence-corrected chi connectivity index (χ3v) is 5.55. The van der Waals surface area contributed by atoms with Gasteiger partial charge in [0.05, 0.1) is 11.1 Å². The third-order valence-electron chi connectivity index (χ3n) is 5.55. The minimum Gasteiger partial charge on any atom is -0.454 e. The van der Waals surface area contributed by atoms with Crippen molar-refractivity contribution in [3.8, 4) is 23.8 Å². The van der Waals surface area contributed by atoms with Gasteiger partial charge in [0.1, 0.15) is 5.82 Å². The maximum atomic E-state index is 14.2. The molecule has 3 aromatic rings. The van der Waals surface area contributed by atoms with E-state index in [-0.39, 0.29) is 12.6 Å². The second-order valence-electron chi connectivity index (χ2n) is 7.70. The highest BCUT2D eigenvalue weighted by atomic mass is 19.1. The van der Waals surface area contributed by atoms with Gasteiger partial charge >= 0.3 is 0 Å². The summed E-state index contributed by atoms with van der Waals surface area (Å²) in [5.41, 5.74) is 3.04. The second kappa shape index (κ2) is 8.51. The molecule has 1 aliphatic heterocycles. The predicted octanol–water partition coefficient (Wildman–Crippen LogP) is 6.21. The van der Waals surface area contributed by atoms with Gasteiger partial charge in [-0.05, 0) is 73.7 Å². The predicted molar refractivity (Wildman–Crippen MR) is 118 cm³/mol. The Labute approximate surface area is 176 Å². The van der Waals surface area contributed by atoms with Gasteiger partial charge in [-0.25, -0.2) is 4.39 Å². The van der Waals surface area contributed by atoms with Crippen LogP contribution in [0.3, 0.4) is 0 Å². The molecule has 0 saturated heterocycles. The molecule has 0 aliphatic carbocycles. The molecule has 4 heteroatoms. The maximum absolute atomic E-state index is 14.2. The van der Waals surface area contributed by atoms with Crippen molar-refractivity contribution in [2.45, 2.75) is 31.6 Å². The zero-order chi connectivity index (χ0) is 21.0. The number of para-hydroxylation sites is 1. The Morgan fingerprint density at radius 2 is 1.83 bits per heavy atom. The van der Waals surface area contributed by atoms with Crippen LogP contribution < -0.4 is 14.8 Å². The fourth-order valence-corrected chi connectivity index (χ4v) is 3.69. The molecule has 1 N–H and O–H groups in total. The zero-order valence-corrected chi connectivity index (χ0v) is 17.0. The number of hydrogen-bond donors (Lipinski definition) is 1. The van der Waals surface area contributed by atoms with Crippen molar-refractivity contribution < 1.29 is 13.9 Å². The topological polar surface area (TPSA) is 30.5 Å². The van der Waals surface area contributed by atoms with Crippen LogP contribution in [0.4, 0.5) is 15.8 Å². The summed E-state index contributed by atoms with van der Waals surface area (Å²) < 4.78 is 25.1. The normalized spacial score (nSPS) is 14.0. The van der Waals surface area contributed by atoms with Crippen LogP contribution in [-0.2, 0) is 11.8 Å². The minimum atomic E-state index is -0.411. The van der Waals surface area contributed by atoms with E-state index in [1.54, 1.807) is 0 Å². The second-order valence-corrected chi connectivity index (χ2v) is 7.70. The van der Waals surface area contributed by atoms with E-state index < -0.39 is 5.41 Å². The molecule has 0 radical (unpaired) electrons. The first kappa shape index (κ1) is 19.8. The summed E-state index contributed by atoms with van der Waals surface area (Å²) >= 11 is 0. The smallest absolute Gasteiger partial charge is 0.231 e. The van der Waals surface area contributed by atoms with Crippen molar-refractivity contribution in [3.63, 3.8) is 0 Å². The maximum Gasteiger partial charge on any atom is 0.231 e. The number of nitrogens with one attached hydrogen (secondary N) is 1. The van der Waals surface area contributed by atoms with E-state index in [0.29, 0.717) is 5.69 Å². The number of halogens is 1. The Kier molecular flexibility index (Phi) is 5.63. The fraction of sp³-hybridized carbons (Fsp3) is 0.231. The molecule has 152 valence electrons. The van der Waals surface area contributed by atoms with Crippen LogP contribution in [0.2, 0.25) is 0 Å². The molecule has 0 fully saturated rings. The molecule has 30 heavy (non-hydrogen) atoms. The Morgan fingerprint density at radius 1 is 1.03 bits per heavy atom. The molecule has 1 aliphatic rings. The number of benzene rings is 3. The molecule has 3 nitrogen and oxygen atoms in total. The summed E-state index contributed by atoms with van der Waals surface area (Å²) in [7, 11) is 0. The van der Waals surface area contributed by atoms with E-state index in [2.05, 4.69) is 18.2 Å². The van der Waals surface area contributed by atoms with Gasteiger partial charge in [0.15, 0.2) is 11.5 Å². The molecular weight excluding hydrogens is 377 g/mol. The lowest BCUT2D eigenvalue weighted by molar-refractivity contribution is 0.174. The molecule has 0 aromatic heterocycles. The first-order valence-corrected chi connectivity index (χ1v) is 10.1. The molecule has 1 heterocycles. The van der Waals surface area contributed by atoms with Crippen LogP contribution in [0.15, 0.2) is 66.7 Å². The van der Waals surface area contributed by atoms with Gasteiger partial charge < -0.3 is 14.8 Å². The largest absolute Gasteiger partial charge is 0.454 e. The Bertz CT molecular complexity index is 1070. The highest BCUT2D eigenvalue weighted by Gasteiger charge is 2.26. The molecule has 0 amide bonds. The van der Waals surface area contributed by atoms with Crippen LogP contribution in [-0.4, -0.2) is 6.79 Å². The van der Waals surface area contributed by atoms with E-state index in [1.807, 2.05) is 60.7 Å². The Hall–Kier alpha value is -3.45. The Morgan fingerprint density at radius 3 is 2.63 bits per heavy atom. The molecule has 0 saturated carbocycles. The van der Waals surface area contributed by atoms with Gasteiger partial charge in [-0.2, -0.15) is 0 Å². The van der Waals surface area contributed by atoms with Crippen LogP contribution in [0.5, 0.6) is 11.5 Å². The monoisotopic (exact) mass is 401 g/mol. The van der Waals surface area contributed by atoms with E-state index in [9.17, 15) is 4.39 Å². The number of fused-ring (bicyclic) bond motifs is 1. The van der Waals surface area contributed by atoms with Gasteiger partial charge in [-0.15, -0.1) is 6.42 Å². The summed E-state index contributed by atoms with van der Waals surface area (Å²) in [6.45, 7) is 2.31. The number of rotatable bonds is 7. The zero-order valence-electron chi connectivity index (χ0n) is 17.0. The summed E-state index contributed by atoms with van der Waals surface area (Å²) in [6.07, 6.45) is 8.41. The number of hydrogen-bond acceptors (Lipinski definition) is 3. The van der Waals surface area contributed by atoms with E-state index >= 15 is 0 Å². The van der Waals surface area contributed by atoms with Crippen LogP contribution in [0.25, 0.3) is 0 Å². The molecular formula is C26H24FNO2. The van der Waals surface area contributed by atoms with Gasteiger partial charge in [0.2, 0.25) is 6.79 Å². The highest BCUT2D eigenvalue weighted by molar-refractivity contribution is 5.60. The summed E-state index contributed by atoms with van der Waals surface area (Å²) in [5, 5.41) is 3.15. The number of terminal acetylenes is 1. The number of aryl methyl sites for hydroxylation is 1. The lowest BCUT2D eigenvalue weighted by Gasteiger charge is -2.24. The minimum absolute atomic E-state index is 0.246. The third kappa shape index (κ3) is 4.26. The number of anilines is 2. The summed E-state index contributed by atoms with van der Waals surface area (Å²) in [6, 6.07) is 20.7. The van der Waals surface area contributed by atoms with Crippen molar-refractivity contribution >= 4 is 11.4 Å². The van der Waals surface area contributed by atoms with Gasteiger partial charge in [-0.1, -0.05) is 36.3 Å². The van der Waals surface area contributed by atoms with Crippen molar-refractivity contribution in [1.82, 2.24) is 0 Å². The molecule has 4 rings (SSSR count). The standard InChI is InChI=1S/C26H24FNO2/c1-3-26(2,20-12-14-24-25(17-20)30-18-29-24)15-7-8-19-11-13-22(27)23(16-19)28-21-9-5-4-6-10-21/h1,4-6,9-14,16-17,28H,7-8,15,18H2,2H3. The van der Waals surface area contributed by atoms with Gasteiger partial charge in [0, 0.05) is 5.69 Å². The van der Waals surface area contributed by atoms with Crippen molar-refractivity contribution in [2.24, 2.45) is 0 Å². The van der Waals surface area contributed by atoms with E-state index in [1.165, 1.54) is 6.07 Å². The van der Waals surface area contributed by atoms with Crippen molar-refractivity contribution in [3.05, 3.63) is 83.7 Å². The number of ether oxygens (including phenoxy) is 2. The molecule has 0 bridgehead atoms. The molecule has 1 unspecified atom stereocenters.